The van der Waals surface area contributed by atoms with Crippen molar-refractivity contribution in [1.29, 1.82) is 0 Å². The van der Waals surface area contributed by atoms with Crippen molar-refractivity contribution in [3.05, 3.63) is 54.1 Å². The SMILES string of the molecule is CCOC(=O)Oc1ccccc1C(=O)C1(OC(=O)N(C)C)C=CC=CC1[C]=O. The number of nitrogens with zero attached hydrogens (tertiary/aromatic N) is 1. The minimum atomic E-state index is -1.97. The first-order valence-electron chi connectivity index (χ1n) is 8.48. The summed E-state index contributed by atoms with van der Waals surface area (Å²) >= 11 is 0. The van der Waals surface area contributed by atoms with Crippen LogP contribution in [0.1, 0.15) is 17.3 Å². The summed E-state index contributed by atoms with van der Waals surface area (Å²) in [7, 11) is 2.89. The molecular formula is C20H20NO7. The van der Waals surface area contributed by atoms with Crippen molar-refractivity contribution in [2.45, 2.75) is 12.5 Å². The largest absolute Gasteiger partial charge is 0.513 e. The molecule has 0 aliphatic heterocycles. The van der Waals surface area contributed by atoms with Gasteiger partial charge in [-0.25, -0.2) is 9.59 Å². The molecular weight excluding hydrogens is 366 g/mol. The average Bonchev–Trinajstić information content (AvgIpc) is 2.68. The number of rotatable bonds is 6. The van der Waals surface area contributed by atoms with Crippen molar-refractivity contribution in [3.63, 3.8) is 0 Å². The molecule has 0 saturated heterocycles. The molecule has 1 aromatic rings. The van der Waals surface area contributed by atoms with Crippen molar-refractivity contribution >= 4 is 24.3 Å². The second-order valence-electron chi connectivity index (χ2n) is 6.01. The maximum absolute atomic E-state index is 13.4. The Hall–Kier alpha value is -3.42. The summed E-state index contributed by atoms with van der Waals surface area (Å²) in [5.41, 5.74) is -2.02. The van der Waals surface area contributed by atoms with Crippen LogP contribution in [0.5, 0.6) is 5.75 Å². The first-order valence-corrected chi connectivity index (χ1v) is 8.48. The van der Waals surface area contributed by atoms with Crippen LogP contribution in [0.25, 0.3) is 0 Å². The number of amides is 1. The predicted molar refractivity (Wildman–Crippen MR) is 98.8 cm³/mol. The van der Waals surface area contributed by atoms with E-state index in [9.17, 15) is 19.2 Å². The van der Waals surface area contributed by atoms with Gasteiger partial charge in [-0.05, 0) is 25.1 Å². The second-order valence-corrected chi connectivity index (χ2v) is 6.01. The highest BCUT2D eigenvalue weighted by molar-refractivity contribution is 6.09. The van der Waals surface area contributed by atoms with E-state index in [4.69, 9.17) is 14.2 Å². The molecule has 1 radical (unpaired) electrons. The molecule has 2 atom stereocenters. The first kappa shape index (κ1) is 20.9. The Kier molecular flexibility index (Phi) is 6.70. The van der Waals surface area contributed by atoms with Crippen LogP contribution in [0.4, 0.5) is 9.59 Å². The van der Waals surface area contributed by atoms with Gasteiger partial charge in [-0.1, -0.05) is 30.4 Å². The fourth-order valence-electron chi connectivity index (χ4n) is 2.53. The van der Waals surface area contributed by atoms with E-state index < -0.39 is 29.6 Å². The number of hydrogen-bond donors (Lipinski definition) is 0. The molecule has 1 aromatic carbocycles. The molecule has 0 bridgehead atoms. The number of carbonyl (C=O) groups excluding carboxylic acids is 4. The average molecular weight is 386 g/mol. The molecule has 0 heterocycles. The minimum absolute atomic E-state index is 0.0534. The molecule has 0 saturated carbocycles. The van der Waals surface area contributed by atoms with Crippen LogP contribution in [0.3, 0.4) is 0 Å². The minimum Gasteiger partial charge on any atom is -0.434 e. The smallest absolute Gasteiger partial charge is 0.434 e. The Morgan fingerprint density at radius 2 is 1.89 bits per heavy atom. The maximum atomic E-state index is 13.4. The number of carbonyl (C=O) groups is 3. The number of hydrogen-bond acceptors (Lipinski definition) is 7. The summed E-state index contributed by atoms with van der Waals surface area (Å²) in [6.07, 6.45) is 5.68. The predicted octanol–water partition coefficient (Wildman–Crippen LogP) is 2.69. The Morgan fingerprint density at radius 1 is 1.18 bits per heavy atom. The highest BCUT2D eigenvalue weighted by atomic mass is 16.7. The van der Waals surface area contributed by atoms with Gasteiger partial charge in [0.05, 0.1) is 18.1 Å². The van der Waals surface area contributed by atoms with Crippen LogP contribution in [0.15, 0.2) is 48.6 Å². The van der Waals surface area contributed by atoms with Gasteiger partial charge in [0.25, 0.3) is 0 Å². The maximum Gasteiger partial charge on any atom is 0.513 e. The zero-order chi connectivity index (χ0) is 20.7. The van der Waals surface area contributed by atoms with E-state index in [2.05, 4.69) is 0 Å². The van der Waals surface area contributed by atoms with Crippen LogP contribution < -0.4 is 4.74 Å². The highest BCUT2D eigenvalue weighted by Gasteiger charge is 2.49. The number of ether oxygens (including phenoxy) is 3. The second kappa shape index (κ2) is 8.98. The molecule has 8 heteroatoms. The van der Waals surface area contributed by atoms with E-state index in [0.29, 0.717) is 0 Å². The number of ketones is 1. The summed E-state index contributed by atoms with van der Waals surface area (Å²) < 4.78 is 15.3. The Balaban J connectivity index is 2.51. The summed E-state index contributed by atoms with van der Waals surface area (Å²) in [6, 6.07) is 5.91. The van der Waals surface area contributed by atoms with Gasteiger partial charge < -0.3 is 19.1 Å². The van der Waals surface area contributed by atoms with Crippen molar-refractivity contribution in [1.82, 2.24) is 4.90 Å². The van der Waals surface area contributed by atoms with E-state index in [0.717, 1.165) is 4.90 Å². The molecule has 0 aromatic heterocycles. The van der Waals surface area contributed by atoms with Gasteiger partial charge >= 0.3 is 12.2 Å². The fourth-order valence-corrected chi connectivity index (χ4v) is 2.53. The lowest BCUT2D eigenvalue weighted by atomic mass is 9.78. The summed E-state index contributed by atoms with van der Waals surface area (Å²) in [6.45, 7) is 1.70. The van der Waals surface area contributed by atoms with Crippen molar-refractivity contribution in [2.75, 3.05) is 20.7 Å². The lowest BCUT2D eigenvalue weighted by Gasteiger charge is -2.34. The Morgan fingerprint density at radius 3 is 2.54 bits per heavy atom. The third kappa shape index (κ3) is 4.28. The van der Waals surface area contributed by atoms with E-state index in [-0.39, 0.29) is 17.9 Å². The third-order valence-corrected chi connectivity index (χ3v) is 3.91. The van der Waals surface area contributed by atoms with E-state index in [1.807, 2.05) is 0 Å². The van der Waals surface area contributed by atoms with Crippen LogP contribution >= 0.6 is 0 Å². The molecule has 0 fully saturated rings. The zero-order valence-electron chi connectivity index (χ0n) is 15.7. The molecule has 1 aliphatic rings. The Bertz CT molecular complexity index is 828. The molecule has 28 heavy (non-hydrogen) atoms. The lowest BCUT2D eigenvalue weighted by Crippen LogP contribution is -2.50. The topological polar surface area (TPSA) is 99.2 Å². The van der Waals surface area contributed by atoms with Crippen LogP contribution in [0, 0.1) is 5.92 Å². The third-order valence-electron chi connectivity index (χ3n) is 3.91. The van der Waals surface area contributed by atoms with E-state index in [1.54, 1.807) is 31.4 Å². The Labute approximate surface area is 162 Å². The number of benzene rings is 1. The molecule has 1 amide bonds. The monoisotopic (exact) mass is 386 g/mol. The van der Waals surface area contributed by atoms with Gasteiger partial charge in [-0.3, -0.25) is 9.59 Å². The van der Waals surface area contributed by atoms with Gasteiger partial charge in [-0.15, -0.1) is 0 Å². The molecule has 2 unspecified atom stereocenters. The summed E-state index contributed by atoms with van der Waals surface area (Å²) in [4.78, 5) is 50.0. The molecule has 2 rings (SSSR count). The lowest BCUT2D eigenvalue weighted by molar-refractivity contribution is 0.0175. The standard InChI is InChI=1S/C20H20NO7/c1-4-26-19(25)27-16-11-6-5-10-15(16)17(23)20(28-18(24)21(2)3)12-8-7-9-14(20)13-22/h5-12,14H,4H2,1-3H3. The van der Waals surface area contributed by atoms with Gasteiger partial charge in [0, 0.05) is 14.1 Å². The van der Waals surface area contributed by atoms with Gasteiger partial charge in [-0.2, -0.15) is 0 Å². The molecule has 147 valence electrons. The number of para-hydroxylation sites is 1. The first-order chi connectivity index (χ1) is 13.4. The van der Waals surface area contributed by atoms with Gasteiger partial charge in [0.1, 0.15) is 5.75 Å². The van der Waals surface area contributed by atoms with Gasteiger partial charge in [0.2, 0.25) is 17.7 Å². The van der Waals surface area contributed by atoms with Crippen LogP contribution in [0.2, 0.25) is 0 Å². The molecule has 1 aliphatic carbocycles. The van der Waals surface area contributed by atoms with Crippen molar-refractivity contribution in [2.24, 2.45) is 5.92 Å². The molecule has 0 spiro atoms. The summed E-state index contributed by atoms with van der Waals surface area (Å²) in [5, 5.41) is 0. The highest BCUT2D eigenvalue weighted by Crippen LogP contribution is 2.35. The van der Waals surface area contributed by atoms with Crippen LogP contribution in [-0.4, -0.2) is 55.5 Å². The number of allylic oxidation sites excluding steroid dienone is 2. The van der Waals surface area contributed by atoms with Gasteiger partial charge in [0.15, 0.2) is 0 Å². The quantitative estimate of drug-likeness (QED) is 0.421. The molecule has 8 nitrogen and oxygen atoms in total. The number of Topliss-reactive ketones (excluding diaryl/α,β-unsaturated/α-hetero) is 1. The van der Waals surface area contributed by atoms with E-state index in [1.165, 1.54) is 44.5 Å². The summed E-state index contributed by atoms with van der Waals surface area (Å²) in [5.74, 6) is -2.00. The zero-order valence-corrected chi connectivity index (χ0v) is 15.7. The fraction of sp³-hybridized carbons (Fsp3) is 0.300. The van der Waals surface area contributed by atoms with Crippen LogP contribution in [-0.2, 0) is 14.3 Å². The van der Waals surface area contributed by atoms with Crippen molar-refractivity contribution < 1.29 is 33.4 Å². The van der Waals surface area contributed by atoms with E-state index >= 15 is 0 Å². The normalized spacial score (nSPS) is 20.2. The molecule has 0 N–H and O–H groups in total. The van der Waals surface area contributed by atoms with Crippen molar-refractivity contribution in [3.8, 4) is 5.75 Å².